The number of urea groups is 1. The van der Waals surface area contributed by atoms with Gasteiger partial charge in [-0.2, -0.15) is 5.10 Å². The molecule has 0 bridgehead atoms. The van der Waals surface area contributed by atoms with Crippen LogP contribution in [0.1, 0.15) is 11.4 Å². The molecule has 3 aromatic rings. The smallest absolute Gasteiger partial charge is 0.324 e. The number of rotatable bonds is 4. The molecule has 2 N–H and O–H groups in total. The van der Waals surface area contributed by atoms with E-state index in [1.165, 1.54) is 6.33 Å². The maximum absolute atomic E-state index is 12.1. The summed E-state index contributed by atoms with van der Waals surface area (Å²) >= 11 is 0. The summed E-state index contributed by atoms with van der Waals surface area (Å²) in [6, 6.07) is 10.2. The van der Waals surface area contributed by atoms with Gasteiger partial charge in [0.25, 0.3) is 0 Å². The number of ether oxygens (including phenoxy) is 1. The molecule has 25 heavy (non-hydrogen) atoms. The molecule has 0 spiro atoms. The van der Waals surface area contributed by atoms with Gasteiger partial charge >= 0.3 is 6.03 Å². The van der Waals surface area contributed by atoms with Crippen molar-refractivity contribution in [3.63, 3.8) is 0 Å². The zero-order chi connectivity index (χ0) is 17.8. The Labute approximate surface area is 144 Å². The lowest BCUT2D eigenvalue weighted by Crippen LogP contribution is -2.20. The highest BCUT2D eigenvalue weighted by Crippen LogP contribution is 2.16. The third-order valence-electron chi connectivity index (χ3n) is 3.47. The number of hydrogen-bond acceptors (Lipinski definition) is 5. The topological polar surface area (TPSA) is 94.0 Å². The summed E-state index contributed by atoms with van der Waals surface area (Å²) < 4.78 is 6.78. The van der Waals surface area contributed by atoms with Gasteiger partial charge in [-0.05, 0) is 44.2 Å². The van der Waals surface area contributed by atoms with Crippen LogP contribution >= 0.6 is 0 Å². The molecule has 0 aliphatic rings. The van der Waals surface area contributed by atoms with E-state index in [1.54, 1.807) is 42.1 Å². The number of nitrogens with one attached hydrogen (secondary N) is 2. The van der Waals surface area contributed by atoms with Gasteiger partial charge < -0.3 is 10.1 Å². The summed E-state index contributed by atoms with van der Waals surface area (Å²) in [5, 5.41) is 9.78. The van der Waals surface area contributed by atoms with Crippen molar-refractivity contribution in [3.8, 4) is 11.6 Å². The fourth-order valence-electron chi connectivity index (χ4n) is 2.35. The molecular weight excluding hydrogens is 320 g/mol. The first-order chi connectivity index (χ1) is 12.0. The Bertz CT molecular complexity index is 888. The molecule has 1 aromatic carbocycles. The van der Waals surface area contributed by atoms with Gasteiger partial charge in [-0.1, -0.05) is 0 Å². The van der Waals surface area contributed by atoms with Gasteiger partial charge in [-0.15, -0.1) is 0 Å². The number of methoxy groups -OCH3 is 1. The fraction of sp³-hybridized carbons (Fsp3) is 0.176. The lowest BCUT2D eigenvalue weighted by molar-refractivity contribution is 0.262. The van der Waals surface area contributed by atoms with Crippen LogP contribution in [-0.2, 0) is 0 Å². The lowest BCUT2D eigenvalue weighted by atomic mass is 10.3. The van der Waals surface area contributed by atoms with Crippen LogP contribution in [0, 0.1) is 13.8 Å². The minimum absolute atomic E-state index is 0.378. The quantitative estimate of drug-likeness (QED) is 0.763. The molecule has 0 radical (unpaired) electrons. The number of aromatic nitrogens is 4. The number of benzene rings is 1. The number of nitrogens with zero attached hydrogens (tertiary/aromatic N) is 4. The molecule has 8 nitrogen and oxygen atoms in total. The predicted octanol–water partition coefficient (Wildman–Crippen LogP) is 2.93. The van der Waals surface area contributed by atoms with Gasteiger partial charge in [0, 0.05) is 17.4 Å². The molecule has 128 valence electrons. The highest BCUT2D eigenvalue weighted by Gasteiger charge is 2.09. The zero-order valence-electron chi connectivity index (χ0n) is 14.1. The average molecular weight is 338 g/mol. The predicted molar refractivity (Wildman–Crippen MR) is 94.3 cm³/mol. The van der Waals surface area contributed by atoms with Gasteiger partial charge in [-0.25, -0.2) is 19.4 Å². The van der Waals surface area contributed by atoms with Crippen LogP contribution in [0.25, 0.3) is 5.82 Å². The molecule has 8 heteroatoms. The Morgan fingerprint density at radius 3 is 2.48 bits per heavy atom. The normalized spacial score (nSPS) is 10.4. The average Bonchev–Trinajstić information content (AvgIpc) is 2.94. The van der Waals surface area contributed by atoms with Crippen LogP contribution in [0.4, 0.5) is 16.3 Å². The van der Waals surface area contributed by atoms with Crippen molar-refractivity contribution in [2.45, 2.75) is 13.8 Å². The fourth-order valence-corrected chi connectivity index (χ4v) is 2.35. The Hall–Kier alpha value is -3.42. The Balaban J connectivity index is 1.71. The van der Waals surface area contributed by atoms with Crippen LogP contribution in [-0.4, -0.2) is 32.9 Å². The number of amides is 2. The number of carbonyl (C=O) groups excluding carboxylic acids is 1. The largest absolute Gasteiger partial charge is 0.497 e. The molecule has 0 fully saturated rings. The summed E-state index contributed by atoms with van der Waals surface area (Å²) in [5.74, 6) is 1.68. The van der Waals surface area contributed by atoms with Gasteiger partial charge in [0.2, 0.25) is 0 Å². The minimum Gasteiger partial charge on any atom is -0.497 e. The first-order valence-electron chi connectivity index (χ1n) is 7.63. The number of anilines is 2. The second kappa shape index (κ2) is 7.00. The van der Waals surface area contributed by atoms with Crippen LogP contribution in [0.2, 0.25) is 0 Å². The second-order valence-electron chi connectivity index (χ2n) is 5.41. The van der Waals surface area contributed by atoms with E-state index in [0.29, 0.717) is 17.3 Å². The van der Waals surface area contributed by atoms with E-state index in [1.807, 2.05) is 19.9 Å². The Morgan fingerprint density at radius 1 is 1.08 bits per heavy atom. The Kier molecular flexibility index (Phi) is 4.60. The summed E-state index contributed by atoms with van der Waals surface area (Å²) in [6.07, 6.45) is 1.38. The molecule has 3 rings (SSSR count). The maximum atomic E-state index is 12.1. The standard InChI is InChI=1S/C17H18N6O2/c1-11-8-12(2)23(22-11)16-9-15(18-10-19-16)21-17(24)20-13-4-6-14(25-3)7-5-13/h4-10H,1-3H3,(H2,18,19,20,21,24). The third-order valence-corrected chi connectivity index (χ3v) is 3.47. The first kappa shape index (κ1) is 16.4. The van der Waals surface area contributed by atoms with Crippen molar-refractivity contribution in [1.29, 1.82) is 0 Å². The molecule has 2 heterocycles. The van der Waals surface area contributed by atoms with Gasteiger partial charge in [0.15, 0.2) is 5.82 Å². The monoisotopic (exact) mass is 338 g/mol. The van der Waals surface area contributed by atoms with E-state index in [4.69, 9.17) is 4.74 Å². The summed E-state index contributed by atoms with van der Waals surface area (Å²) in [6.45, 7) is 3.84. The van der Waals surface area contributed by atoms with E-state index in [2.05, 4.69) is 25.7 Å². The Morgan fingerprint density at radius 2 is 1.84 bits per heavy atom. The highest BCUT2D eigenvalue weighted by atomic mass is 16.5. The van der Waals surface area contributed by atoms with Gasteiger partial charge in [-0.3, -0.25) is 5.32 Å². The highest BCUT2D eigenvalue weighted by molar-refractivity contribution is 5.99. The molecule has 0 aliphatic heterocycles. The molecular formula is C17H18N6O2. The number of carbonyl (C=O) groups is 1. The summed E-state index contributed by atoms with van der Waals surface area (Å²) in [4.78, 5) is 20.4. The number of aryl methyl sites for hydroxylation is 2. The number of hydrogen-bond donors (Lipinski definition) is 2. The summed E-state index contributed by atoms with van der Waals surface area (Å²) in [7, 11) is 1.59. The van der Waals surface area contributed by atoms with Crippen LogP contribution in [0.3, 0.4) is 0 Å². The first-order valence-corrected chi connectivity index (χ1v) is 7.63. The molecule has 0 saturated carbocycles. The second-order valence-corrected chi connectivity index (χ2v) is 5.41. The lowest BCUT2D eigenvalue weighted by Gasteiger charge is -2.09. The molecule has 0 atom stereocenters. The minimum atomic E-state index is -0.400. The van der Waals surface area contributed by atoms with Crippen LogP contribution < -0.4 is 15.4 Å². The van der Waals surface area contributed by atoms with Gasteiger partial charge in [0.05, 0.1) is 12.8 Å². The van der Waals surface area contributed by atoms with Crippen molar-refractivity contribution >= 4 is 17.5 Å². The third kappa shape index (κ3) is 3.92. The van der Waals surface area contributed by atoms with E-state index in [-0.39, 0.29) is 0 Å². The van der Waals surface area contributed by atoms with Crippen LogP contribution in [0.15, 0.2) is 42.7 Å². The van der Waals surface area contributed by atoms with Crippen molar-refractivity contribution in [2.75, 3.05) is 17.7 Å². The van der Waals surface area contributed by atoms with E-state index < -0.39 is 6.03 Å². The van der Waals surface area contributed by atoms with E-state index in [0.717, 1.165) is 17.1 Å². The maximum Gasteiger partial charge on any atom is 0.324 e. The molecule has 0 unspecified atom stereocenters. The zero-order valence-corrected chi connectivity index (χ0v) is 14.1. The molecule has 0 saturated heterocycles. The van der Waals surface area contributed by atoms with Crippen molar-refractivity contribution < 1.29 is 9.53 Å². The molecule has 2 aromatic heterocycles. The summed E-state index contributed by atoms with van der Waals surface area (Å²) in [5.41, 5.74) is 2.49. The molecule has 0 aliphatic carbocycles. The van der Waals surface area contributed by atoms with Crippen molar-refractivity contribution in [1.82, 2.24) is 19.7 Å². The van der Waals surface area contributed by atoms with Gasteiger partial charge in [0.1, 0.15) is 17.9 Å². The van der Waals surface area contributed by atoms with Crippen LogP contribution in [0.5, 0.6) is 5.75 Å². The van der Waals surface area contributed by atoms with E-state index in [9.17, 15) is 4.79 Å². The van der Waals surface area contributed by atoms with Crippen molar-refractivity contribution in [2.24, 2.45) is 0 Å². The SMILES string of the molecule is COc1ccc(NC(=O)Nc2cc(-n3nc(C)cc3C)ncn2)cc1. The van der Waals surface area contributed by atoms with E-state index >= 15 is 0 Å². The van der Waals surface area contributed by atoms with Crippen molar-refractivity contribution in [3.05, 3.63) is 54.1 Å². The molecule has 2 amide bonds.